The number of nitrogens with one attached hydrogen (secondary N) is 1. The number of rotatable bonds is 1. The zero-order valence-electron chi connectivity index (χ0n) is 10.8. The average Bonchev–Trinajstić information content (AvgIpc) is 2.66. The molecule has 0 atom stereocenters. The van der Waals surface area contributed by atoms with Crippen molar-refractivity contribution < 1.29 is 9.53 Å². The smallest absolute Gasteiger partial charge is 0.253 e. The third-order valence-corrected chi connectivity index (χ3v) is 3.75. The highest BCUT2D eigenvalue weighted by molar-refractivity contribution is 5.95. The zero-order chi connectivity index (χ0) is 12.8. The summed E-state index contributed by atoms with van der Waals surface area (Å²) in [5.41, 5.74) is 3.61. The van der Waals surface area contributed by atoms with E-state index in [1.165, 1.54) is 5.56 Å². The molecular formula is C14H18N2O2. The van der Waals surface area contributed by atoms with Gasteiger partial charge in [-0.15, -0.1) is 0 Å². The summed E-state index contributed by atoms with van der Waals surface area (Å²) >= 11 is 0. The Morgan fingerprint density at radius 1 is 1.39 bits per heavy atom. The van der Waals surface area contributed by atoms with Gasteiger partial charge in [-0.2, -0.15) is 0 Å². The molecule has 0 saturated carbocycles. The molecule has 18 heavy (non-hydrogen) atoms. The number of fused-ring (bicyclic) bond motifs is 1. The van der Waals surface area contributed by atoms with Crippen molar-refractivity contribution in [3.63, 3.8) is 0 Å². The summed E-state index contributed by atoms with van der Waals surface area (Å²) in [6.07, 6.45) is 0. The molecule has 1 aromatic carbocycles. The van der Waals surface area contributed by atoms with E-state index in [-0.39, 0.29) is 17.9 Å². The lowest BCUT2D eigenvalue weighted by molar-refractivity contribution is -0.125. The lowest BCUT2D eigenvalue weighted by Crippen LogP contribution is -2.41. The van der Waals surface area contributed by atoms with Crippen molar-refractivity contribution in [2.75, 3.05) is 36.5 Å². The van der Waals surface area contributed by atoms with Crippen molar-refractivity contribution in [1.82, 2.24) is 0 Å². The molecule has 4 nitrogen and oxygen atoms in total. The van der Waals surface area contributed by atoms with Gasteiger partial charge >= 0.3 is 0 Å². The van der Waals surface area contributed by atoms with E-state index in [1.807, 2.05) is 6.07 Å². The van der Waals surface area contributed by atoms with Gasteiger partial charge in [0.25, 0.3) is 5.91 Å². The monoisotopic (exact) mass is 246 g/mol. The van der Waals surface area contributed by atoms with Crippen LogP contribution in [0.5, 0.6) is 0 Å². The predicted octanol–water partition coefficient (Wildman–Crippen LogP) is 1.75. The topological polar surface area (TPSA) is 41.6 Å². The van der Waals surface area contributed by atoms with Gasteiger partial charge in [-0.05, 0) is 17.7 Å². The molecule has 1 N–H and O–H groups in total. The van der Waals surface area contributed by atoms with Crippen molar-refractivity contribution in [2.24, 2.45) is 0 Å². The summed E-state index contributed by atoms with van der Waals surface area (Å²) in [7, 11) is 0. The van der Waals surface area contributed by atoms with Gasteiger partial charge in [0.05, 0.1) is 6.61 Å². The number of benzene rings is 1. The van der Waals surface area contributed by atoms with Crippen LogP contribution in [0.15, 0.2) is 18.2 Å². The van der Waals surface area contributed by atoms with Gasteiger partial charge in [0.1, 0.15) is 6.61 Å². The first kappa shape index (κ1) is 11.5. The highest BCUT2D eigenvalue weighted by Gasteiger charge is 2.30. The van der Waals surface area contributed by atoms with Gasteiger partial charge in [-0.3, -0.25) is 4.79 Å². The van der Waals surface area contributed by atoms with Crippen molar-refractivity contribution >= 4 is 17.3 Å². The fourth-order valence-corrected chi connectivity index (χ4v) is 2.64. The fourth-order valence-electron chi connectivity index (χ4n) is 2.64. The lowest BCUT2D eigenvalue weighted by atomic mass is 9.87. The number of anilines is 2. The molecule has 0 bridgehead atoms. The first-order valence-corrected chi connectivity index (χ1v) is 6.34. The quantitative estimate of drug-likeness (QED) is 0.821. The highest BCUT2D eigenvalue weighted by Crippen LogP contribution is 2.38. The minimum absolute atomic E-state index is 0.0402. The van der Waals surface area contributed by atoms with E-state index in [0.717, 1.165) is 17.9 Å². The maximum atomic E-state index is 11.8. The second-order valence-electron chi connectivity index (χ2n) is 5.57. The van der Waals surface area contributed by atoms with Gasteiger partial charge < -0.3 is 15.0 Å². The summed E-state index contributed by atoms with van der Waals surface area (Å²) in [6, 6.07) is 6.25. The Balaban J connectivity index is 1.94. The molecule has 1 saturated heterocycles. The Morgan fingerprint density at radius 2 is 2.22 bits per heavy atom. The minimum Gasteiger partial charge on any atom is -0.384 e. The van der Waals surface area contributed by atoms with Crippen molar-refractivity contribution in [3.8, 4) is 0 Å². The second kappa shape index (κ2) is 3.99. The number of hydrogen-bond donors (Lipinski definition) is 1. The van der Waals surface area contributed by atoms with Gasteiger partial charge in [-0.25, -0.2) is 0 Å². The van der Waals surface area contributed by atoms with Crippen LogP contribution >= 0.6 is 0 Å². The molecule has 0 radical (unpaired) electrons. The van der Waals surface area contributed by atoms with Crippen LogP contribution in [0.4, 0.5) is 11.4 Å². The van der Waals surface area contributed by atoms with Crippen molar-refractivity contribution in [1.29, 1.82) is 0 Å². The maximum Gasteiger partial charge on any atom is 0.253 e. The Bertz CT molecular complexity index is 497. The standard InChI is InChI=1S/C14H18N2O2/c1-14(2)9-15-12-7-10(3-4-11(12)14)16-5-6-18-8-13(16)17/h3-4,7,15H,5-6,8-9H2,1-2H3. The van der Waals surface area contributed by atoms with Crippen LogP contribution in [0.3, 0.4) is 0 Å². The van der Waals surface area contributed by atoms with E-state index in [9.17, 15) is 4.79 Å². The number of nitrogens with zero attached hydrogens (tertiary/aromatic N) is 1. The van der Waals surface area contributed by atoms with Gasteiger partial charge in [-0.1, -0.05) is 19.9 Å². The number of carbonyl (C=O) groups excluding carboxylic acids is 1. The summed E-state index contributed by atoms with van der Waals surface area (Å²) in [5, 5.41) is 3.42. The Kier molecular flexibility index (Phi) is 2.55. The molecule has 2 heterocycles. The van der Waals surface area contributed by atoms with Gasteiger partial charge in [0.2, 0.25) is 0 Å². The SMILES string of the molecule is CC1(C)CNc2cc(N3CCOCC3=O)ccc21. The second-order valence-corrected chi connectivity index (χ2v) is 5.57. The maximum absolute atomic E-state index is 11.8. The van der Waals surface area contributed by atoms with E-state index in [0.29, 0.717) is 13.2 Å². The van der Waals surface area contributed by atoms with Crippen LogP contribution in [-0.4, -0.2) is 32.2 Å². The number of carbonyl (C=O) groups is 1. The molecule has 3 rings (SSSR count). The molecule has 2 aliphatic rings. The summed E-state index contributed by atoms with van der Waals surface area (Å²) in [4.78, 5) is 13.6. The van der Waals surface area contributed by atoms with Gasteiger partial charge in [0, 0.05) is 29.9 Å². The molecule has 1 aromatic rings. The Labute approximate surface area is 107 Å². The van der Waals surface area contributed by atoms with E-state index < -0.39 is 0 Å². The third-order valence-electron chi connectivity index (χ3n) is 3.75. The first-order chi connectivity index (χ1) is 8.58. The Hall–Kier alpha value is -1.55. The molecule has 1 amide bonds. The van der Waals surface area contributed by atoms with Crippen molar-refractivity contribution in [2.45, 2.75) is 19.3 Å². The normalized spacial score (nSPS) is 21.7. The van der Waals surface area contributed by atoms with Crippen LogP contribution < -0.4 is 10.2 Å². The van der Waals surface area contributed by atoms with Crippen LogP contribution in [0.1, 0.15) is 19.4 Å². The average molecular weight is 246 g/mol. The molecule has 96 valence electrons. The lowest BCUT2D eigenvalue weighted by Gasteiger charge is -2.27. The minimum atomic E-state index is 0.0402. The summed E-state index contributed by atoms with van der Waals surface area (Å²) in [6.45, 7) is 6.85. The van der Waals surface area contributed by atoms with Crippen LogP contribution in [-0.2, 0) is 14.9 Å². The molecule has 2 aliphatic heterocycles. The van der Waals surface area contributed by atoms with Gasteiger partial charge in [0.15, 0.2) is 0 Å². The number of hydrogen-bond acceptors (Lipinski definition) is 3. The van der Waals surface area contributed by atoms with E-state index in [1.54, 1.807) is 4.90 Å². The highest BCUT2D eigenvalue weighted by atomic mass is 16.5. The fraction of sp³-hybridized carbons (Fsp3) is 0.500. The number of amides is 1. The van der Waals surface area contributed by atoms with Crippen molar-refractivity contribution in [3.05, 3.63) is 23.8 Å². The van der Waals surface area contributed by atoms with E-state index in [4.69, 9.17) is 4.74 Å². The molecular weight excluding hydrogens is 228 g/mol. The molecule has 0 aliphatic carbocycles. The number of morpholine rings is 1. The largest absolute Gasteiger partial charge is 0.384 e. The first-order valence-electron chi connectivity index (χ1n) is 6.34. The van der Waals surface area contributed by atoms with E-state index >= 15 is 0 Å². The Morgan fingerprint density at radius 3 is 3.00 bits per heavy atom. The molecule has 4 heteroatoms. The van der Waals surface area contributed by atoms with Crippen LogP contribution in [0.2, 0.25) is 0 Å². The molecule has 0 unspecified atom stereocenters. The predicted molar refractivity (Wildman–Crippen MR) is 71.1 cm³/mol. The molecule has 1 fully saturated rings. The summed E-state index contributed by atoms with van der Waals surface area (Å²) < 4.78 is 5.15. The third kappa shape index (κ3) is 1.77. The van der Waals surface area contributed by atoms with Crippen LogP contribution in [0, 0.1) is 0 Å². The summed E-state index contributed by atoms with van der Waals surface area (Å²) in [5.74, 6) is 0.0402. The molecule has 0 aromatic heterocycles. The number of ether oxygens (including phenoxy) is 1. The van der Waals surface area contributed by atoms with Crippen LogP contribution in [0.25, 0.3) is 0 Å². The van der Waals surface area contributed by atoms with E-state index in [2.05, 4.69) is 31.3 Å². The molecule has 0 spiro atoms. The zero-order valence-corrected chi connectivity index (χ0v) is 10.8.